The van der Waals surface area contributed by atoms with Crippen LogP contribution in [0.2, 0.25) is 0 Å². The van der Waals surface area contributed by atoms with E-state index in [-0.39, 0.29) is 23.9 Å². The molecule has 1 heterocycles. The molecule has 1 aliphatic rings. The van der Waals surface area contributed by atoms with Gasteiger partial charge < -0.3 is 9.47 Å². The number of carbonyl (C=O) groups is 2. The van der Waals surface area contributed by atoms with Gasteiger partial charge in [-0.15, -0.1) is 0 Å². The van der Waals surface area contributed by atoms with E-state index >= 15 is 0 Å². The zero-order valence-corrected chi connectivity index (χ0v) is 11.8. The maximum Gasteiger partial charge on any atom is 0.323 e. The Balaban J connectivity index is 2.33. The van der Waals surface area contributed by atoms with Crippen molar-refractivity contribution >= 4 is 11.9 Å². The highest BCUT2D eigenvalue weighted by atomic mass is 16.5. The quantitative estimate of drug-likeness (QED) is 0.844. The van der Waals surface area contributed by atoms with Crippen molar-refractivity contribution in [2.24, 2.45) is 11.8 Å². The van der Waals surface area contributed by atoms with Crippen molar-refractivity contribution in [3.05, 3.63) is 35.9 Å². The van der Waals surface area contributed by atoms with Crippen molar-refractivity contribution in [3.8, 4) is 0 Å². The van der Waals surface area contributed by atoms with Gasteiger partial charge in [-0.3, -0.25) is 14.9 Å². The van der Waals surface area contributed by atoms with E-state index in [1.807, 2.05) is 37.3 Å². The summed E-state index contributed by atoms with van der Waals surface area (Å²) >= 11 is 0. The van der Waals surface area contributed by atoms with Crippen LogP contribution in [0.5, 0.6) is 0 Å². The average molecular weight is 277 g/mol. The molecule has 5 nitrogen and oxygen atoms in total. The molecule has 108 valence electrons. The lowest BCUT2D eigenvalue weighted by molar-refractivity contribution is -0.148. The Morgan fingerprint density at radius 2 is 1.65 bits per heavy atom. The van der Waals surface area contributed by atoms with E-state index in [2.05, 4.69) is 5.32 Å². The number of benzene rings is 1. The minimum absolute atomic E-state index is 0.194. The van der Waals surface area contributed by atoms with E-state index < -0.39 is 12.0 Å². The molecule has 0 spiro atoms. The molecule has 5 heteroatoms. The highest BCUT2D eigenvalue weighted by molar-refractivity contribution is 5.81. The van der Waals surface area contributed by atoms with Crippen LogP contribution in [0.15, 0.2) is 30.3 Å². The lowest BCUT2D eigenvalue weighted by Gasteiger charge is -2.19. The fourth-order valence-electron chi connectivity index (χ4n) is 2.82. The molecule has 1 aromatic rings. The molecule has 2 rings (SSSR count). The van der Waals surface area contributed by atoms with Crippen LogP contribution in [0.4, 0.5) is 0 Å². The third-order valence-electron chi connectivity index (χ3n) is 3.90. The van der Waals surface area contributed by atoms with E-state index in [1.54, 1.807) is 0 Å². The molecule has 1 N–H and O–H groups in total. The molecule has 4 atom stereocenters. The maximum atomic E-state index is 12.1. The summed E-state index contributed by atoms with van der Waals surface area (Å²) in [5.74, 6) is -1.28. The minimum Gasteiger partial charge on any atom is -0.469 e. The highest BCUT2D eigenvalue weighted by Gasteiger charge is 2.48. The smallest absolute Gasteiger partial charge is 0.323 e. The van der Waals surface area contributed by atoms with E-state index in [0.717, 1.165) is 5.56 Å². The summed E-state index contributed by atoms with van der Waals surface area (Å²) in [4.78, 5) is 23.9. The summed E-state index contributed by atoms with van der Waals surface area (Å²) in [6.45, 7) is 1.86. The van der Waals surface area contributed by atoms with Gasteiger partial charge in [-0.05, 0) is 11.5 Å². The van der Waals surface area contributed by atoms with Gasteiger partial charge in [0.1, 0.15) is 6.04 Å². The van der Waals surface area contributed by atoms with Crippen LogP contribution >= 0.6 is 0 Å². The maximum absolute atomic E-state index is 12.1. The number of esters is 2. The Hall–Kier alpha value is -1.88. The average Bonchev–Trinajstić information content (AvgIpc) is 2.84. The first-order valence-electron chi connectivity index (χ1n) is 6.56. The van der Waals surface area contributed by atoms with Crippen molar-refractivity contribution in [2.45, 2.75) is 19.0 Å². The Morgan fingerprint density at radius 3 is 2.20 bits per heavy atom. The number of ether oxygens (including phenoxy) is 2. The van der Waals surface area contributed by atoms with Crippen LogP contribution in [0.3, 0.4) is 0 Å². The summed E-state index contributed by atoms with van der Waals surface area (Å²) in [5.41, 5.74) is 0.959. The predicted octanol–water partition coefficient (Wildman–Crippen LogP) is 1.30. The molecular formula is C15H19NO4. The van der Waals surface area contributed by atoms with Crippen LogP contribution in [0, 0.1) is 11.8 Å². The Kier molecular flexibility index (Phi) is 4.39. The van der Waals surface area contributed by atoms with Gasteiger partial charge in [-0.2, -0.15) is 0 Å². The van der Waals surface area contributed by atoms with E-state index in [1.165, 1.54) is 14.2 Å². The second-order valence-corrected chi connectivity index (χ2v) is 4.96. The van der Waals surface area contributed by atoms with Crippen LogP contribution in [0.25, 0.3) is 0 Å². The van der Waals surface area contributed by atoms with Gasteiger partial charge in [0.05, 0.1) is 20.1 Å². The highest BCUT2D eigenvalue weighted by Crippen LogP contribution is 2.38. The molecule has 20 heavy (non-hydrogen) atoms. The second kappa shape index (κ2) is 6.05. The van der Waals surface area contributed by atoms with Crippen molar-refractivity contribution in [1.29, 1.82) is 0 Å². The molecule has 1 fully saturated rings. The lowest BCUT2D eigenvalue weighted by atomic mass is 9.86. The molecule has 0 saturated carbocycles. The fraction of sp³-hybridized carbons (Fsp3) is 0.467. The molecule has 0 aliphatic carbocycles. The summed E-state index contributed by atoms with van der Waals surface area (Å²) in [6.07, 6.45) is 0. The zero-order valence-electron chi connectivity index (χ0n) is 11.8. The number of rotatable bonds is 3. The predicted molar refractivity (Wildman–Crippen MR) is 72.8 cm³/mol. The van der Waals surface area contributed by atoms with Crippen LogP contribution in [-0.2, 0) is 19.1 Å². The first-order chi connectivity index (χ1) is 9.60. The SMILES string of the molecule is COC(=O)C1NC(c2ccccc2)C(C(=O)OC)C1C. The first kappa shape index (κ1) is 14.5. The standard InChI is InChI=1S/C15H19NO4/c1-9-11(14(17)19-2)13(10-7-5-4-6-8-10)16-12(9)15(18)20-3/h4-9,11-13,16H,1-3H3. The Labute approximate surface area is 118 Å². The van der Waals surface area contributed by atoms with Gasteiger partial charge in [-0.1, -0.05) is 37.3 Å². The molecule has 4 unspecified atom stereocenters. The van der Waals surface area contributed by atoms with Crippen LogP contribution in [0.1, 0.15) is 18.5 Å². The van der Waals surface area contributed by atoms with E-state index in [9.17, 15) is 9.59 Å². The van der Waals surface area contributed by atoms with Gasteiger partial charge in [-0.25, -0.2) is 0 Å². The lowest BCUT2D eigenvalue weighted by Crippen LogP contribution is -2.36. The fourth-order valence-corrected chi connectivity index (χ4v) is 2.82. The first-order valence-corrected chi connectivity index (χ1v) is 6.56. The largest absolute Gasteiger partial charge is 0.469 e. The number of methoxy groups -OCH3 is 2. The Morgan fingerprint density at radius 1 is 1.05 bits per heavy atom. The molecule has 1 aromatic carbocycles. The van der Waals surface area contributed by atoms with Crippen molar-refractivity contribution in [2.75, 3.05) is 14.2 Å². The van der Waals surface area contributed by atoms with Gasteiger partial charge in [0.25, 0.3) is 0 Å². The van der Waals surface area contributed by atoms with Crippen molar-refractivity contribution in [3.63, 3.8) is 0 Å². The van der Waals surface area contributed by atoms with Crippen LogP contribution < -0.4 is 5.32 Å². The summed E-state index contributed by atoms with van der Waals surface area (Å²) in [7, 11) is 2.71. The second-order valence-electron chi connectivity index (χ2n) is 4.96. The summed E-state index contributed by atoms with van der Waals surface area (Å²) in [6, 6.07) is 8.83. The molecular weight excluding hydrogens is 258 g/mol. The topological polar surface area (TPSA) is 64.6 Å². The van der Waals surface area contributed by atoms with Gasteiger partial charge in [0, 0.05) is 6.04 Å². The number of hydrogen-bond acceptors (Lipinski definition) is 5. The summed E-state index contributed by atoms with van der Waals surface area (Å²) in [5, 5.41) is 3.20. The van der Waals surface area contributed by atoms with E-state index in [0.29, 0.717) is 0 Å². The zero-order chi connectivity index (χ0) is 14.7. The van der Waals surface area contributed by atoms with Gasteiger partial charge in [0.15, 0.2) is 0 Å². The Bertz CT molecular complexity index is 488. The van der Waals surface area contributed by atoms with Crippen molar-refractivity contribution < 1.29 is 19.1 Å². The van der Waals surface area contributed by atoms with Gasteiger partial charge >= 0.3 is 11.9 Å². The van der Waals surface area contributed by atoms with E-state index in [4.69, 9.17) is 9.47 Å². The molecule has 1 aliphatic heterocycles. The third-order valence-corrected chi connectivity index (χ3v) is 3.90. The molecule has 0 amide bonds. The van der Waals surface area contributed by atoms with Gasteiger partial charge in [0.2, 0.25) is 0 Å². The minimum atomic E-state index is -0.505. The number of hydrogen-bond donors (Lipinski definition) is 1. The number of carbonyl (C=O) groups excluding carboxylic acids is 2. The third kappa shape index (κ3) is 2.54. The summed E-state index contributed by atoms with van der Waals surface area (Å²) < 4.78 is 9.68. The van der Waals surface area contributed by atoms with Crippen molar-refractivity contribution in [1.82, 2.24) is 5.32 Å². The number of nitrogens with one attached hydrogen (secondary N) is 1. The molecule has 0 radical (unpaired) electrons. The molecule has 1 saturated heterocycles. The van der Waals surface area contributed by atoms with Crippen LogP contribution in [-0.4, -0.2) is 32.2 Å². The molecule has 0 bridgehead atoms. The molecule has 0 aromatic heterocycles. The normalized spacial score (nSPS) is 28.9. The monoisotopic (exact) mass is 277 g/mol.